The quantitative estimate of drug-likeness (QED) is 0.346. The number of amides is 3. The van der Waals surface area contributed by atoms with Crippen molar-refractivity contribution in [2.45, 2.75) is 19.9 Å². The lowest BCUT2D eigenvalue weighted by Gasteiger charge is -2.32. The predicted octanol–water partition coefficient (Wildman–Crippen LogP) is 2.66. The molecule has 0 aliphatic rings. The molecule has 3 aromatic rings. The topological polar surface area (TPSA) is 144 Å². The van der Waals surface area contributed by atoms with Crippen LogP contribution in [-0.4, -0.2) is 56.5 Å². The van der Waals surface area contributed by atoms with Gasteiger partial charge in [-0.3, -0.25) is 19.3 Å². The number of carbonyl (C=O) groups is 3. The molecular formula is C26H32N6O4S. The zero-order chi connectivity index (χ0) is 27.3. The first-order chi connectivity index (χ1) is 17.6. The van der Waals surface area contributed by atoms with Gasteiger partial charge in [0.25, 0.3) is 11.8 Å². The van der Waals surface area contributed by atoms with Crippen molar-refractivity contribution in [3.63, 3.8) is 0 Å². The van der Waals surface area contributed by atoms with Crippen LogP contribution in [0.15, 0.2) is 42.5 Å². The zero-order valence-electron chi connectivity index (χ0n) is 21.6. The van der Waals surface area contributed by atoms with Crippen LogP contribution < -0.4 is 26.6 Å². The maximum Gasteiger partial charge on any atom is 0.273 e. The molecule has 11 heteroatoms. The van der Waals surface area contributed by atoms with E-state index in [2.05, 4.69) is 9.69 Å². The summed E-state index contributed by atoms with van der Waals surface area (Å²) >= 11 is 0.771. The van der Waals surface area contributed by atoms with Crippen molar-refractivity contribution >= 4 is 46.3 Å². The molecule has 0 bridgehead atoms. The van der Waals surface area contributed by atoms with Gasteiger partial charge in [-0.05, 0) is 54.7 Å². The van der Waals surface area contributed by atoms with Gasteiger partial charge >= 0.3 is 0 Å². The Morgan fingerprint density at radius 1 is 1.11 bits per heavy atom. The molecule has 1 aromatic heterocycles. The number of nitrogen functional groups attached to an aromatic ring is 1. The fourth-order valence-corrected chi connectivity index (χ4v) is 4.67. The number of rotatable bonds is 10. The highest BCUT2D eigenvalue weighted by atomic mass is 32.1. The molecule has 1 atom stereocenters. The molecule has 1 unspecified atom stereocenters. The van der Waals surface area contributed by atoms with Gasteiger partial charge in [0.2, 0.25) is 5.91 Å². The Kier molecular flexibility index (Phi) is 8.85. The number of methoxy groups -OCH3 is 1. The van der Waals surface area contributed by atoms with E-state index in [9.17, 15) is 14.4 Å². The molecule has 0 saturated heterocycles. The molecular weight excluding hydrogens is 492 g/mol. The first kappa shape index (κ1) is 27.6. The van der Waals surface area contributed by atoms with E-state index in [1.807, 2.05) is 69.2 Å². The summed E-state index contributed by atoms with van der Waals surface area (Å²) in [6.07, 6.45) is 0. The van der Waals surface area contributed by atoms with Crippen LogP contribution in [-0.2, 0) is 9.53 Å². The Morgan fingerprint density at radius 3 is 2.32 bits per heavy atom. The van der Waals surface area contributed by atoms with E-state index in [4.69, 9.17) is 16.2 Å². The fourth-order valence-electron chi connectivity index (χ4n) is 3.93. The molecule has 37 heavy (non-hydrogen) atoms. The highest BCUT2D eigenvalue weighted by Crippen LogP contribution is 2.35. The zero-order valence-corrected chi connectivity index (χ0v) is 22.4. The number of aryl methyl sites for hydroxylation is 2. The molecule has 0 spiro atoms. The largest absolute Gasteiger partial charge is 0.395 e. The number of benzene rings is 2. The maximum atomic E-state index is 14.1. The summed E-state index contributed by atoms with van der Waals surface area (Å²) in [6, 6.07) is 11.9. The molecule has 3 amide bonds. The van der Waals surface area contributed by atoms with E-state index in [0.29, 0.717) is 17.9 Å². The molecule has 10 nitrogen and oxygen atoms in total. The standard InChI is InChI=1S/C26H32N6O4S/c1-15-6-11-19(16(2)14-15)32(26(35)23-20(27)21(24(28)33)30-37-23)22(25(34)29-12-13-36-5)17-7-9-18(10-8-17)31(3)4/h6-11,14,22H,12-13,27H2,1-5H3,(H2,28,33)(H,29,34). The number of hydrogen-bond donors (Lipinski definition) is 3. The summed E-state index contributed by atoms with van der Waals surface area (Å²) in [7, 11) is 5.37. The third-order valence-corrected chi connectivity index (χ3v) is 6.67. The van der Waals surface area contributed by atoms with Crippen molar-refractivity contribution in [3.8, 4) is 0 Å². The van der Waals surface area contributed by atoms with Gasteiger partial charge in [-0.25, -0.2) is 0 Å². The summed E-state index contributed by atoms with van der Waals surface area (Å²) < 4.78 is 9.08. The van der Waals surface area contributed by atoms with Crippen molar-refractivity contribution in [3.05, 3.63) is 69.7 Å². The van der Waals surface area contributed by atoms with Gasteiger partial charge in [0.1, 0.15) is 10.9 Å². The van der Waals surface area contributed by atoms with Crippen molar-refractivity contribution in [1.82, 2.24) is 9.69 Å². The number of nitrogens with zero attached hydrogens (tertiary/aromatic N) is 3. The predicted molar refractivity (Wildman–Crippen MR) is 146 cm³/mol. The average Bonchev–Trinajstić information content (AvgIpc) is 3.24. The highest BCUT2D eigenvalue weighted by Gasteiger charge is 2.36. The first-order valence-corrected chi connectivity index (χ1v) is 12.3. The second kappa shape index (κ2) is 11.8. The SMILES string of the molecule is COCCNC(=O)C(c1ccc(N(C)C)cc1)N(C(=O)c1snc(C(N)=O)c1N)c1ccc(C)cc1C. The van der Waals surface area contributed by atoms with Crippen molar-refractivity contribution in [2.75, 3.05) is 49.9 Å². The summed E-state index contributed by atoms with van der Waals surface area (Å²) in [5.74, 6) is -1.81. The van der Waals surface area contributed by atoms with E-state index >= 15 is 0 Å². The Balaban J connectivity index is 2.22. The number of nitrogens with one attached hydrogen (secondary N) is 1. The number of primary amides is 1. The second-order valence-corrected chi connectivity index (χ2v) is 9.55. The summed E-state index contributed by atoms with van der Waals surface area (Å²) in [5.41, 5.74) is 15.0. The number of anilines is 3. The van der Waals surface area contributed by atoms with Crippen molar-refractivity contribution in [2.24, 2.45) is 5.73 Å². The minimum Gasteiger partial charge on any atom is -0.395 e. The van der Waals surface area contributed by atoms with Crippen LogP contribution >= 0.6 is 11.5 Å². The monoisotopic (exact) mass is 524 g/mol. The summed E-state index contributed by atoms with van der Waals surface area (Å²) in [6.45, 7) is 4.37. The molecule has 0 aliphatic carbocycles. The minimum atomic E-state index is -1.06. The van der Waals surface area contributed by atoms with Crippen LogP contribution in [0.2, 0.25) is 0 Å². The second-order valence-electron chi connectivity index (χ2n) is 8.78. The van der Waals surface area contributed by atoms with E-state index < -0.39 is 23.8 Å². The third kappa shape index (κ3) is 6.07. The molecule has 1 heterocycles. The third-order valence-electron chi connectivity index (χ3n) is 5.82. The van der Waals surface area contributed by atoms with Crippen LogP contribution in [0.1, 0.15) is 42.9 Å². The van der Waals surface area contributed by atoms with E-state index in [0.717, 1.165) is 28.3 Å². The van der Waals surface area contributed by atoms with Gasteiger partial charge < -0.3 is 26.4 Å². The van der Waals surface area contributed by atoms with Crippen LogP contribution in [0.4, 0.5) is 17.1 Å². The lowest BCUT2D eigenvalue weighted by atomic mass is 10.00. The van der Waals surface area contributed by atoms with Crippen molar-refractivity contribution in [1.29, 1.82) is 0 Å². The van der Waals surface area contributed by atoms with Crippen molar-refractivity contribution < 1.29 is 19.1 Å². The Bertz CT molecular complexity index is 1290. The normalized spacial score (nSPS) is 11.6. The van der Waals surface area contributed by atoms with Crippen LogP contribution in [0, 0.1) is 13.8 Å². The molecule has 5 N–H and O–H groups in total. The highest BCUT2D eigenvalue weighted by molar-refractivity contribution is 7.09. The van der Waals surface area contributed by atoms with Gasteiger partial charge in [-0.15, -0.1) is 0 Å². The van der Waals surface area contributed by atoms with Crippen LogP contribution in [0.3, 0.4) is 0 Å². The molecule has 2 aromatic carbocycles. The summed E-state index contributed by atoms with van der Waals surface area (Å²) in [4.78, 5) is 42.9. The molecule has 0 aliphatic heterocycles. The molecule has 0 fully saturated rings. The van der Waals surface area contributed by atoms with E-state index in [1.54, 1.807) is 6.07 Å². The fraction of sp³-hybridized carbons (Fsp3) is 0.308. The lowest BCUT2D eigenvalue weighted by molar-refractivity contribution is -0.122. The number of nitrogens with two attached hydrogens (primary N) is 2. The molecule has 3 rings (SSSR count). The first-order valence-electron chi connectivity index (χ1n) is 11.6. The minimum absolute atomic E-state index is 0.0216. The number of aromatic nitrogens is 1. The molecule has 0 radical (unpaired) electrons. The lowest BCUT2D eigenvalue weighted by Crippen LogP contribution is -2.45. The molecule has 196 valence electrons. The maximum absolute atomic E-state index is 14.1. The Labute approximate surface area is 220 Å². The number of carbonyl (C=O) groups excluding carboxylic acids is 3. The van der Waals surface area contributed by atoms with Crippen LogP contribution in [0.5, 0.6) is 0 Å². The van der Waals surface area contributed by atoms with Gasteiger partial charge in [0.05, 0.1) is 12.3 Å². The smallest absolute Gasteiger partial charge is 0.273 e. The Hall–Kier alpha value is -3.96. The number of ether oxygens (including phenoxy) is 1. The Morgan fingerprint density at radius 2 is 1.78 bits per heavy atom. The average molecular weight is 525 g/mol. The van der Waals surface area contributed by atoms with Gasteiger partial charge in [0, 0.05) is 39.1 Å². The van der Waals surface area contributed by atoms with E-state index in [1.165, 1.54) is 12.0 Å². The van der Waals surface area contributed by atoms with E-state index in [-0.39, 0.29) is 22.8 Å². The van der Waals surface area contributed by atoms with Gasteiger partial charge in [-0.2, -0.15) is 4.37 Å². The number of hydrogen-bond acceptors (Lipinski definition) is 8. The summed E-state index contributed by atoms with van der Waals surface area (Å²) in [5, 5.41) is 2.86. The van der Waals surface area contributed by atoms with Crippen LogP contribution in [0.25, 0.3) is 0 Å². The van der Waals surface area contributed by atoms with Gasteiger partial charge in [-0.1, -0.05) is 29.8 Å². The molecule has 0 saturated carbocycles. The van der Waals surface area contributed by atoms with Gasteiger partial charge in [0.15, 0.2) is 5.69 Å².